The summed E-state index contributed by atoms with van der Waals surface area (Å²) in [4.78, 5) is 22.6. The van der Waals surface area contributed by atoms with Crippen molar-refractivity contribution in [3.05, 3.63) is 45.8 Å². The molecule has 2 atom stereocenters. The van der Waals surface area contributed by atoms with E-state index in [4.69, 9.17) is 14.6 Å². The molecule has 2 aromatic rings. The van der Waals surface area contributed by atoms with Gasteiger partial charge in [0.25, 0.3) is 0 Å². The third-order valence-corrected chi connectivity index (χ3v) is 2.86. The van der Waals surface area contributed by atoms with Crippen molar-refractivity contribution in [1.29, 1.82) is 0 Å². The highest BCUT2D eigenvalue weighted by Gasteiger charge is 2.19. The molecule has 2 rings (SSSR count). The molecule has 4 N–H and O–H groups in total. The Morgan fingerprint density at radius 1 is 1.25 bits per heavy atom. The van der Waals surface area contributed by atoms with Crippen LogP contribution in [0.25, 0.3) is 11.0 Å². The molecule has 0 saturated carbocycles. The van der Waals surface area contributed by atoms with E-state index in [1.165, 1.54) is 18.2 Å². The third-order valence-electron chi connectivity index (χ3n) is 2.86. The molecular formula is C13H12O7. The largest absolute Gasteiger partial charge is 0.475 e. The summed E-state index contributed by atoms with van der Waals surface area (Å²) >= 11 is 0. The SMILES string of the molecule is O=C(O)c1cc(=O)c2cc(C(O)C(O)CO)ccc2o1. The number of aliphatic hydroxyl groups is 3. The summed E-state index contributed by atoms with van der Waals surface area (Å²) in [6.45, 7) is -0.633. The summed E-state index contributed by atoms with van der Waals surface area (Å²) in [5, 5.41) is 36.7. The molecule has 0 aliphatic carbocycles. The van der Waals surface area contributed by atoms with Gasteiger partial charge in [-0.1, -0.05) is 6.07 Å². The highest BCUT2D eigenvalue weighted by Crippen LogP contribution is 2.21. The molecule has 1 heterocycles. The van der Waals surface area contributed by atoms with Gasteiger partial charge in [-0.25, -0.2) is 4.79 Å². The van der Waals surface area contributed by atoms with Crippen LogP contribution >= 0.6 is 0 Å². The summed E-state index contributed by atoms with van der Waals surface area (Å²) in [5.74, 6) is -1.84. The molecule has 0 saturated heterocycles. The van der Waals surface area contributed by atoms with E-state index in [-0.39, 0.29) is 16.5 Å². The Labute approximate surface area is 112 Å². The Balaban J connectivity index is 2.55. The van der Waals surface area contributed by atoms with Crippen molar-refractivity contribution in [3.63, 3.8) is 0 Å². The van der Waals surface area contributed by atoms with Gasteiger partial charge in [-0.3, -0.25) is 4.79 Å². The monoisotopic (exact) mass is 280 g/mol. The van der Waals surface area contributed by atoms with E-state index >= 15 is 0 Å². The maximum absolute atomic E-state index is 11.8. The van der Waals surface area contributed by atoms with Gasteiger partial charge in [0.05, 0.1) is 12.0 Å². The second-order valence-electron chi connectivity index (χ2n) is 4.23. The maximum atomic E-state index is 11.8. The molecule has 106 valence electrons. The van der Waals surface area contributed by atoms with Crippen molar-refractivity contribution in [2.75, 3.05) is 6.61 Å². The van der Waals surface area contributed by atoms with Gasteiger partial charge < -0.3 is 24.8 Å². The Morgan fingerprint density at radius 2 is 1.95 bits per heavy atom. The zero-order valence-electron chi connectivity index (χ0n) is 10.2. The summed E-state index contributed by atoms with van der Waals surface area (Å²) in [5.41, 5.74) is -0.296. The molecule has 0 radical (unpaired) electrons. The third kappa shape index (κ3) is 2.55. The minimum absolute atomic E-state index is 0.0596. The van der Waals surface area contributed by atoms with Gasteiger partial charge >= 0.3 is 5.97 Å². The molecule has 0 spiro atoms. The van der Waals surface area contributed by atoms with Gasteiger partial charge in [0.15, 0.2) is 5.43 Å². The first-order chi connectivity index (χ1) is 9.43. The lowest BCUT2D eigenvalue weighted by Crippen LogP contribution is -2.22. The molecule has 1 aromatic heterocycles. The smallest absolute Gasteiger partial charge is 0.371 e. The number of benzene rings is 1. The molecular weight excluding hydrogens is 268 g/mol. The van der Waals surface area contributed by atoms with Crippen LogP contribution < -0.4 is 5.43 Å². The van der Waals surface area contributed by atoms with Crippen LogP contribution in [-0.4, -0.2) is 39.1 Å². The molecule has 1 aromatic carbocycles. The topological polar surface area (TPSA) is 128 Å². The molecule has 0 amide bonds. The van der Waals surface area contributed by atoms with E-state index in [1.807, 2.05) is 0 Å². The number of aliphatic hydroxyl groups excluding tert-OH is 3. The Morgan fingerprint density at radius 3 is 2.55 bits per heavy atom. The Bertz CT molecular complexity index is 703. The number of aromatic carboxylic acids is 1. The van der Waals surface area contributed by atoms with Gasteiger partial charge in [-0.15, -0.1) is 0 Å². The van der Waals surface area contributed by atoms with Crippen LogP contribution in [-0.2, 0) is 0 Å². The zero-order valence-corrected chi connectivity index (χ0v) is 10.2. The number of hydrogen-bond donors (Lipinski definition) is 4. The number of fused-ring (bicyclic) bond motifs is 1. The standard InChI is InChI=1S/C13H12O7/c14-5-9(16)12(17)6-1-2-10-7(3-6)8(15)4-11(20-10)13(18)19/h1-4,9,12,14,16-17H,5H2,(H,18,19). The van der Waals surface area contributed by atoms with Crippen LogP contribution in [0.2, 0.25) is 0 Å². The molecule has 0 aliphatic rings. The van der Waals surface area contributed by atoms with E-state index in [0.29, 0.717) is 0 Å². The Kier molecular flexibility index (Phi) is 3.84. The van der Waals surface area contributed by atoms with Gasteiger partial charge in [-0.2, -0.15) is 0 Å². The number of carbonyl (C=O) groups is 1. The maximum Gasteiger partial charge on any atom is 0.371 e. The first kappa shape index (κ1) is 14.2. The predicted molar refractivity (Wildman–Crippen MR) is 67.5 cm³/mol. The average Bonchev–Trinajstić information content (AvgIpc) is 2.45. The number of carboxylic acids is 1. The number of hydrogen-bond acceptors (Lipinski definition) is 6. The van der Waals surface area contributed by atoms with E-state index in [2.05, 4.69) is 0 Å². The highest BCUT2D eigenvalue weighted by molar-refractivity contribution is 5.87. The second kappa shape index (κ2) is 5.41. The fourth-order valence-corrected chi connectivity index (χ4v) is 1.79. The first-order valence-electron chi connectivity index (χ1n) is 5.72. The molecule has 7 heteroatoms. The van der Waals surface area contributed by atoms with E-state index in [0.717, 1.165) is 6.07 Å². The summed E-state index contributed by atoms with van der Waals surface area (Å²) < 4.78 is 5.03. The Hall–Kier alpha value is -2.22. The molecule has 7 nitrogen and oxygen atoms in total. The lowest BCUT2D eigenvalue weighted by molar-refractivity contribution is -0.0152. The van der Waals surface area contributed by atoms with Crippen molar-refractivity contribution in [1.82, 2.24) is 0 Å². The highest BCUT2D eigenvalue weighted by atomic mass is 16.4. The van der Waals surface area contributed by atoms with E-state index < -0.39 is 36.0 Å². The van der Waals surface area contributed by atoms with Crippen molar-refractivity contribution in [2.45, 2.75) is 12.2 Å². The molecule has 0 fully saturated rings. The molecule has 2 unspecified atom stereocenters. The van der Waals surface area contributed by atoms with E-state index in [9.17, 15) is 19.8 Å². The minimum atomic E-state index is -1.38. The summed E-state index contributed by atoms with van der Waals surface area (Å²) in [6, 6.07) is 4.83. The van der Waals surface area contributed by atoms with Crippen molar-refractivity contribution < 1.29 is 29.6 Å². The predicted octanol–water partition coefficient (Wildman–Crippen LogP) is -0.122. The fraction of sp³-hybridized carbons (Fsp3) is 0.231. The number of carboxylic acid groups (broad SMARTS) is 1. The molecule has 0 bridgehead atoms. The van der Waals surface area contributed by atoms with Gasteiger partial charge in [0.2, 0.25) is 5.76 Å². The van der Waals surface area contributed by atoms with E-state index in [1.54, 1.807) is 0 Å². The lowest BCUT2D eigenvalue weighted by Gasteiger charge is -2.16. The van der Waals surface area contributed by atoms with Crippen LogP contribution in [0.3, 0.4) is 0 Å². The van der Waals surface area contributed by atoms with Crippen LogP contribution in [0.15, 0.2) is 33.5 Å². The average molecular weight is 280 g/mol. The lowest BCUT2D eigenvalue weighted by atomic mass is 10.0. The van der Waals surface area contributed by atoms with Crippen LogP contribution in [0, 0.1) is 0 Å². The number of rotatable bonds is 4. The first-order valence-corrected chi connectivity index (χ1v) is 5.72. The van der Waals surface area contributed by atoms with Crippen molar-refractivity contribution in [2.24, 2.45) is 0 Å². The van der Waals surface area contributed by atoms with Crippen molar-refractivity contribution >= 4 is 16.9 Å². The van der Waals surface area contributed by atoms with Gasteiger partial charge in [0.1, 0.15) is 17.8 Å². The van der Waals surface area contributed by atoms with Crippen LogP contribution in [0.1, 0.15) is 22.2 Å². The van der Waals surface area contributed by atoms with Crippen LogP contribution in [0.5, 0.6) is 0 Å². The minimum Gasteiger partial charge on any atom is -0.475 e. The van der Waals surface area contributed by atoms with Crippen LogP contribution in [0.4, 0.5) is 0 Å². The normalized spacial score (nSPS) is 14.2. The zero-order chi connectivity index (χ0) is 14.9. The second-order valence-corrected chi connectivity index (χ2v) is 4.23. The quantitative estimate of drug-likeness (QED) is 0.614. The fourth-order valence-electron chi connectivity index (χ4n) is 1.79. The van der Waals surface area contributed by atoms with Gasteiger partial charge in [0, 0.05) is 6.07 Å². The summed E-state index contributed by atoms with van der Waals surface area (Å²) in [6.07, 6.45) is -2.74. The van der Waals surface area contributed by atoms with Crippen molar-refractivity contribution in [3.8, 4) is 0 Å². The molecule has 20 heavy (non-hydrogen) atoms. The molecule has 0 aliphatic heterocycles. The van der Waals surface area contributed by atoms with Gasteiger partial charge in [-0.05, 0) is 17.7 Å². The summed E-state index contributed by atoms with van der Waals surface area (Å²) in [7, 11) is 0.